The van der Waals surface area contributed by atoms with Crippen LogP contribution in [0.3, 0.4) is 0 Å². The van der Waals surface area contributed by atoms with E-state index in [2.05, 4.69) is 47.5 Å². The van der Waals surface area contributed by atoms with Crippen LogP contribution in [-0.4, -0.2) is 85.2 Å². The van der Waals surface area contributed by atoms with Gasteiger partial charge in [-0.3, -0.25) is 9.69 Å². The Labute approximate surface area is 217 Å². The number of methoxy groups -OCH3 is 1. The van der Waals surface area contributed by atoms with Crippen LogP contribution >= 0.6 is 0 Å². The Morgan fingerprint density at radius 2 is 1.78 bits per heavy atom. The summed E-state index contributed by atoms with van der Waals surface area (Å²) in [6, 6.07) is 12.7. The lowest BCUT2D eigenvalue weighted by atomic mass is 9.94. The van der Waals surface area contributed by atoms with Crippen molar-refractivity contribution in [2.75, 3.05) is 40.0 Å². The summed E-state index contributed by atoms with van der Waals surface area (Å²) in [5, 5.41) is 20.1. The van der Waals surface area contributed by atoms with Crippen molar-refractivity contribution in [3.8, 4) is 5.75 Å². The molecular weight excluding hydrogens is 480 g/mol. The number of ether oxygens (including phenoxy) is 3. The van der Waals surface area contributed by atoms with Crippen LogP contribution in [-0.2, 0) is 23.9 Å². The van der Waals surface area contributed by atoms with Gasteiger partial charge in [0.1, 0.15) is 5.75 Å². The van der Waals surface area contributed by atoms with Gasteiger partial charge in [0.15, 0.2) is 6.29 Å². The summed E-state index contributed by atoms with van der Waals surface area (Å²) in [7, 11) is 1.69. The molecule has 0 aliphatic carbocycles. The minimum absolute atomic E-state index is 0.0811. The van der Waals surface area contributed by atoms with Crippen molar-refractivity contribution in [2.45, 2.75) is 51.9 Å². The maximum Gasteiger partial charge on any atom is 0.414 e. The second-order valence-electron chi connectivity index (χ2n) is 9.07. The Kier molecular flexibility index (Phi) is 12.3. The number of carboxylic acids is 2. The normalized spacial score (nSPS) is 17.2. The summed E-state index contributed by atoms with van der Waals surface area (Å²) in [4.78, 5) is 32.3. The topological polar surface area (TPSA) is 135 Å². The van der Waals surface area contributed by atoms with Crippen molar-refractivity contribution in [3.63, 3.8) is 0 Å². The molecule has 1 saturated heterocycles. The number of likely N-dealkylation sites (N-methyl/N-ethyl adjacent to an activating group) is 1. The summed E-state index contributed by atoms with van der Waals surface area (Å²) >= 11 is 0. The predicted octanol–water partition coefficient (Wildman–Crippen LogP) is 3.09. The lowest BCUT2D eigenvalue weighted by Crippen LogP contribution is -2.40. The van der Waals surface area contributed by atoms with Crippen LogP contribution in [0, 0.1) is 0 Å². The summed E-state index contributed by atoms with van der Waals surface area (Å²) in [5.41, 5.74) is 1.26. The molecule has 0 bridgehead atoms. The first-order valence-electron chi connectivity index (χ1n) is 12.4. The van der Waals surface area contributed by atoms with E-state index in [1.165, 1.54) is 16.3 Å². The van der Waals surface area contributed by atoms with Gasteiger partial charge < -0.3 is 29.7 Å². The standard InChI is InChI=1S/C25H36N2O4.C2H2O4/c1-5-27(15-24(28)26-18(2)3)13-7-10-25-30-16-20(17-31-25)22-9-6-8-19-14-21(29-4)11-12-23(19)22;3-1(4)2(5)6/h6,8-9,11-12,14,18,20,25H,5,7,10,13,15-17H2,1-4H3,(H,26,28);(H,3,4)(H,5,6). The molecule has 0 unspecified atom stereocenters. The van der Waals surface area contributed by atoms with Gasteiger partial charge >= 0.3 is 11.9 Å². The fourth-order valence-corrected chi connectivity index (χ4v) is 4.06. The summed E-state index contributed by atoms with van der Waals surface area (Å²) in [6.07, 6.45) is 1.60. The van der Waals surface area contributed by atoms with Crippen LogP contribution in [0.5, 0.6) is 5.75 Å². The highest BCUT2D eigenvalue weighted by Gasteiger charge is 2.25. The van der Waals surface area contributed by atoms with Gasteiger partial charge in [0.25, 0.3) is 0 Å². The zero-order valence-corrected chi connectivity index (χ0v) is 21.9. The lowest BCUT2D eigenvalue weighted by molar-refractivity contribution is -0.190. The quantitative estimate of drug-likeness (QED) is 0.406. The van der Waals surface area contributed by atoms with Crippen LogP contribution < -0.4 is 10.1 Å². The molecule has 1 heterocycles. The number of nitrogens with one attached hydrogen (secondary N) is 1. The molecule has 0 spiro atoms. The van der Waals surface area contributed by atoms with Gasteiger partial charge in [-0.25, -0.2) is 9.59 Å². The number of nitrogens with zero attached hydrogens (tertiary/aromatic N) is 1. The van der Waals surface area contributed by atoms with Crippen molar-refractivity contribution < 1.29 is 38.8 Å². The van der Waals surface area contributed by atoms with Crippen LogP contribution in [0.1, 0.15) is 45.1 Å². The van der Waals surface area contributed by atoms with Crippen LogP contribution in [0.25, 0.3) is 10.8 Å². The van der Waals surface area contributed by atoms with E-state index in [4.69, 9.17) is 34.0 Å². The molecule has 10 heteroatoms. The van der Waals surface area contributed by atoms with E-state index in [0.717, 1.165) is 31.7 Å². The zero-order chi connectivity index (χ0) is 27.4. The van der Waals surface area contributed by atoms with Crippen molar-refractivity contribution in [2.24, 2.45) is 0 Å². The highest BCUT2D eigenvalue weighted by Crippen LogP contribution is 2.31. The minimum Gasteiger partial charge on any atom is -0.497 e. The SMILES string of the molecule is CCN(CCCC1OCC(c2cccc3cc(OC)ccc23)CO1)CC(=O)NC(C)C.O=C(O)C(=O)O. The molecule has 10 nitrogen and oxygen atoms in total. The van der Waals surface area contributed by atoms with Gasteiger partial charge in [-0.15, -0.1) is 0 Å². The number of amides is 1. The van der Waals surface area contributed by atoms with Gasteiger partial charge in [-0.2, -0.15) is 0 Å². The number of carbonyl (C=O) groups excluding carboxylic acids is 1. The van der Waals surface area contributed by atoms with Gasteiger partial charge in [0, 0.05) is 12.0 Å². The van der Waals surface area contributed by atoms with E-state index in [1.54, 1.807) is 7.11 Å². The van der Waals surface area contributed by atoms with Crippen molar-refractivity contribution in [1.82, 2.24) is 10.2 Å². The first kappa shape index (κ1) is 30.0. The first-order valence-corrected chi connectivity index (χ1v) is 12.4. The van der Waals surface area contributed by atoms with Gasteiger partial charge in [0.05, 0.1) is 26.9 Å². The number of carbonyl (C=O) groups is 3. The second-order valence-corrected chi connectivity index (χ2v) is 9.07. The number of hydrogen-bond donors (Lipinski definition) is 3. The largest absolute Gasteiger partial charge is 0.497 e. The average Bonchev–Trinajstić information content (AvgIpc) is 2.87. The third-order valence-electron chi connectivity index (χ3n) is 5.89. The summed E-state index contributed by atoms with van der Waals surface area (Å²) in [5.74, 6) is -2.48. The smallest absolute Gasteiger partial charge is 0.414 e. The molecule has 2 aromatic rings. The van der Waals surface area contributed by atoms with E-state index in [1.807, 2.05) is 19.9 Å². The first-order chi connectivity index (χ1) is 17.6. The van der Waals surface area contributed by atoms with Crippen molar-refractivity contribution in [3.05, 3.63) is 42.0 Å². The molecule has 0 aromatic heterocycles. The lowest BCUT2D eigenvalue weighted by Gasteiger charge is -2.31. The van der Waals surface area contributed by atoms with Crippen LogP contribution in [0.15, 0.2) is 36.4 Å². The minimum atomic E-state index is -1.82. The molecule has 1 amide bonds. The van der Waals surface area contributed by atoms with Gasteiger partial charge in [0.2, 0.25) is 5.91 Å². The van der Waals surface area contributed by atoms with E-state index in [9.17, 15) is 4.79 Å². The van der Waals surface area contributed by atoms with Crippen molar-refractivity contribution >= 4 is 28.6 Å². The number of rotatable bonds is 10. The van der Waals surface area contributed by atoms with Crippen LogP contribution in [0.4, 0.5) is 0 Å². The zero-order valence-electron chi connectivity index (χ0n) is 21.9. The maximum atomic E-state index is 12.0. The Balaban J connectivity index is 0.000000717. The molecular formula is C27H38N2O8. The molecule has 3 N–H and O–H groups in total. The van der Waals surface area contributed by atoms with Crippen molar-refractivity contribution in [1.29, 1.82) is 0 Å². The Morgan fingerprint density at radius 1 is 1.11 bits per heavy atom. The van der Waals surface area contributed by atoms with E-state index in [0.29, 0.717) is 19.8 Å². The second kappa shape index (κ2) is 15.1. The van der Waals surface area contributed by atoms with E-state index >= 15 is 0 Å². The third kappa shape index (κ3) is 9.99. The number of fused-ring (bicyclic) bond motifs is 1. The molecule has 1 aliphatic rings. The predicted molar refractivity (Wildman–Crippen MR) is 139 cm³/mol. The molecule has 2 aromatic carbocycles. The monoisotopic (exact) mass is 518 g/mol. The molecule has 204 valence electrons. The molecule has 1 fully saturated rings. The molecule has 3 rings (SSSR count). The molecule has 0 atom stereocenters. The van der Waals surface area contributed by atoms with E-state index in [-0.39, 0.29) is 24.2 Å². The van der Waals surface area contributed by atoms with Gasteiger partial charge in [-0.05, 0) is 68.2 Å². The molecule has 0 radical (unpaired) electrons. The number of carboxylic acid groups (broad SMARTS) is 2. The van der Waals surface area contributed by atoms with E-state index < -0.39 is 11.9 Å². The fraction of sp³-hybridized carbons (Fsp3) is 0.519. The molecule has 0 saturated carbocycles. The highest BCUT2D eigenvalue weighted by molar-refractivity contribution is 6.27. The number of benzene rings is 2. The Bertz CT molecular complexity index is 1020. The van der Waals surface area contributed by atoms with Crippen LogP contribution in [0.2, 0.25) is 0 Å². The summed E-state index contributed by atoms with van der Waals surface area (Å²) < 4.78 is 17.4. The number of aliphatic carboxylic acids is 2. The maximum absolute atomic E-state index is 12.0. The molecule has 1 aliphatic heterocycles. The third-order valence-corrected chi connectivity index (χ3v) is 5.89. The highest BCUT2D eigenvalue weighted by atomic mass is 16.7. The number of hydrogen-bond acceptors (Lipinski definition) is 7. The van der Waals surface area contributed by atoms with Gasteiger partial charge in [-0.1, -0.05) is 31.2 Å². The average molecular weight is 519 g/mol. The Morgan fingerprint density at radius 3 is 2.35 bits per heavy atom. The summed E-state index contributed by atoms with van der Waals surface area (Å²) in [6.45, 7) is 9.51. The Hall–Kier alpha value is -3.21. The fourth-order valence-electron chi connectivity index (χ4n) is 4.06. The molecule has 37 heavy (non-hydrogen) atoms.